The third-order valence-electron chi connectivity index (χ3n) is 2.96. The quantitative estimate of drug-likeness (QED) is 0.825. The molecule has 0 saturated carbocycles. The first-order valence-corrected chi connectivity index (χ1v) is 7.79. The molecule has 0 aliphatic rings. The summed E-state index contributed by atoms with van der Waals surface area (Å²) in [6, 6.07) is 1.66. The number of sulfonamides is 1. The second kappa shape index (κ2) is 5.68. The van der Waals surface area contributed by atoms with E-state index in [-0.39, 0.29) is 4.90 Å². The largest absolute Gasteiger partial charge is 0.352 e. The molecule has 0 radical (unpaired) electrons. The lowest BCUT2D eigenvalue weighted by atomic mass is 10.4. The Morgan fingerprint density at radius 1 is 1.35 bits per heavy atom. The van der Waals surface area contributed by atoms with Gasteiger partial charge in [0.1, 0.15) is 4.90 Å². The normalized spacial score (nSPS) is 11.8. The van der Waals surface area contributed by atoms with Crippen LogP contribution in [0.15, 0.2) is 29.6 Å². The smallest absolute Gasteiger partial charge is 0.263 e. The molecule has 2 aromatic heterocycles. The van der Waals surface area contributed by atoms with E-state index in [2.05, 4.69) is 15.1 Å². The fourth-order valence-corrected chi connectivity index (χ4v) is 3.01. The lowest BCUT2D eigenvalue weighted by molar-refractivity contribution is 0.601. The molecule has 0 saturated heterocycles. The number of rotatable bonds is 6. The highest BCUT2D eigenvalue weighted by Gasteiger charge is 2.18. The average molecular weight is 297 g/mol. The molecule has 2 N–H and O–H groups in total. The Morgan fingerprint density at radius 3 is 2.70 bits per heavy atom. The van der Waals surface area contributed by atoms with Crippen molar-refractivity contribution in [1.82, 2.24) is 19.7 Å². The molecule has 2 rings (SSSR count). The van der Waals surface area contributed by atoms with Gasteiger partial charge in [-0.2, -0.15) is 5.10 Å². The monoisotopic (exact) mass is 297 g/mol. The van der Waals surface area contributed by atoms with E-state index in [1.807, 2.05) is 21.0 Å². The highest BCUT2D eigenvalue weighted by atomic mass is 32.2. The van der Waals surface area contributed by atoms with Crippen LogP contribution in [0.1, 0.15) is 12.6 Å². The molecule has 0 bridgehead atoms. The van der Waals surface area contributed by atoms with Gasteiger partial charge >= 0.3 is 0 Å². The third kappa shape index (κ3) is 3.02. The topological polar surface area (TPSA) is 81.0 Å². The number of aryl methyl sites for hydroxylation is 2. The summed E-state index contributed by atoms with van der Waals surface area (Å²) >= 11 is 0. The van der Waals surface area contributed by atoms with Crippen LogP contribution in [0.25, 0.3) is 0 Å². The van der Waals surface area contributed by atoms with Gasteiger partial charge in [-0.3, -0.25) is 9.40 Å². The van der Waals surface area contributed by atoms with Crippen LogP contribution in [-0.2, 0) is 30.2 Å². The third-order valence-corrected chi connectivity index (χ3v) is 4.31. The molecule has 0 atom stereocenters. The predicted octanol–water partition coefficient (Wildman–Crippen LogP) is 0.762. The second-order valence-corrected chi connectivity index (χ2v) is 6.18. The van der Waals surface area contributed by atoms with E-state index in [0.717, 1.165) is 5.69 Å². The summed E-state index contributed by atoms with van der Waals surface area (Å²) in [5.41, 5.74) is 1.36. The summed E-state index contributed by atoms with van der Waals surface area (Å²) < 4.78 is 30.6. The van der Waals surface area contributed by atoms with Crippen molar-refractivity contribution in [3.8, 4) is 0 Å². The first-order valence-electron chi connectivity index (χ1n) is 6.31. The maximum atomic E-state index is 12.3. The molecule has 0 unspecified atom stereocenters. The molecule has 0 aliphatic heterocycles. The molecule has 2 heterocycles. The SMILES string of the molecule is CCn1cc(NS(=O)(=O)c2cc(CNC)n(C)c2)cn1. The molecule has 0 aliphatic carbocycles. The van der Waals surface area contributed by atoms with Crippen molar-refractivity contribution >= 4 is 15.7 Å². The summed E-state index contributed by atoms with van der Waals surface area (Å²) in [7, 11) is 0.0581. The van der Waals surface area contributed by atoms with Gasteiger partial charge in [-0.05, 0) is 20.0 Å². The van der Waals surface area contributed by atoms with Gasteiger partial charge in [-0.15, -0.1) is 0 Å². The van der Waals surface area contributed by atoms with Crippen LogP contribution in [0, 0.1) is 0 Å². The Bertz CT molecular complexity index is 687. The maximum Gasteiger partial charge on any atom is 0.263 e. The number of nitrogens with one attached hydrogen (secondary N) is 2. The van der Waals surface area contributed by atoms with Crippen molar-refractivity contribution in [1.29, 1.82) is 0 Å². The Hall–Kier alpha value is -1.80. The predicted molar refractivity (Wildman–Crippen MR) is 76.9 cm³/mol. The molecule has 8 heteroatoms. The van der Waals surface area contributed by atoms with Gasteiger partial charge in [0.15, 0.2) is 0 Å². The Labute approximate surface area is 118 Å². The van der Waals surface area contributed by atoms with Gasteiger partial charge in [-0.1, -0.05) is 0 Å². The van der Waals surface area contributed by atoms with E-state index in [4.69, 9.17) is 0 Å². The minimum absolute atomic E-state index is 0.245. The van der Waals surface area contributed by atoms with Crippen molar-refractivity contribution < 1.29 is 8.42 Å². The van der Waals surface area contributed by atoms with E-state index < -0.39 is 10.0 Å². The zero-order valence-electron chi connectivity index (χ0n) is 11.8. The van der Waals surface area contributed by atoms with Gasteiger partial charge < -0.3 is 9.88 Å². The molecule has 2 aromatic rings. The molecule has 20 heavy (non-hydrogen) atoms. The van der Waals surface area contributed by atoms with Crippen LogP contribution < -0.4 is 10.0 Å². The standard InChI is InChI=1S/C12H19N5O2S/c1-4-17-8-10(6-14-17)15-20(18,19)12-5-11(7-13-2)16(3)9-12/h5-6,8-9,13,15H,4,7H2,1-3H3. The van der Waals surface area contributed by atoms with E-state index >= 15 is 0 Å². The molecular formula is C12H19N5O2S. The lowest BCUT2D eigenvalue weighted by Crippen LogP contribution is -2.11. The van der Waals surface area contributed by atoms with Gasteiger partial charge in [0.2, 0.25) is 0 Å². The molecule has 7 nitrogen and oxygen atoms in total. The van der Waals surface area contributed by atoms with Crippen molar-refractivity contribution in [2.75, 3.05) is 11.8 Å². The van der Waals surface area contributed by atoms with Gasteiger partial charge in [0.05, 0.1) is 11.9 Å². The molecule has 0 spiro atoms. The Kier molecular flexibility index (Phi) is 4.15. The zero-order valence-corrected chi connectivity index (χ0v) is 12.6. The fourth-order valence-electron chi connectivity index (χ4n) is 1.88. The highest BCUT2D eigenvalue weighted by Crippen LogP contribution is 2.17. The number of anilines is 1. The summed E-state index contributed by atoms with van der Waals surface area (Å²) in [5, 5.41) is 7.04. The van der Waals surface area contributed by atoms with Crippen LogP contribution in [0.3, 0.4) is 0 Å². The minimum atomic E-state index is -3.58. The first-order chi connectivity index (χ1) is 9.46. The second-order valence-electron chi connectivity index (χ2n) is 4.50. The first kappa shape index (κ1) is 14.6. The van der Waals surface area contributed by atoms with Crippen molar-refractivity contribution in [3.05, 3.63) is 30.4 Å². The van der Waals surface area contributed by atoms with Crippen LogP contribution in [0.4, 0.5) is 5.69 Å². The summed E-state index contributed by atoms with van der Waals surface area (Å²) in [4.78, 5) is 0.245. The summed E-state index contributed by atoms with van der Waals surface area (Å²) in [6.45, 7) is 3.24. The van der Waals surface area contributed by atoms with Crippen molar-refractivity contribution in [3.63, 3.8) is 0 Å². The van der Waals surface area contributed by atoms with E-state index in [1.165, 1.54) is 6.20 Å². The van der Waals surface area contributed by atoms with Crippen molar-refractivity contribution in [2.24, 2.45) is 7.05 Å². The van der Waals surface area contributed by atoms with Gasteiger partial charge in [-0.25, -0.2) is 8.42 Å². The minimum Gasteiger partial charge on any atom is -0.352 e. The van der Waals surface area contributed by atoms with Crippen LogP contribution in [-0.4, -0.2) is 29.8 Å². The van der Waals surface area contributed by atoms with Crippen molar-refractivity contribution in [2.45, 2.75) is 24.9 Å². The van der Waals surface area contributed by atoms with E-state index in [0.29, 0.717) is 18.8 Å². The molecule has 0 aromatic carbocycles. The molecule has 0 fully saturated rings. The van der Waals surface area contributed by atoms with Gasteiger partial charge in [0.25, 0.3) is 10.0 Å². The fraction of sp³-hybridized carbons (Fsp3) is 0.417. The van der Waals surface area contributed by atoms with Crippen LogP contribution in [0.2, 0.25) is 0 Å². The summed E-state index contributed by atoms with van der Waals surface area (Å²) in [5.74, 6) is 0. The number of nitrogens with zero attached hydrogens (tertiary/aromatic N) is 3. The van der Waals surface area contributed by atoms with Crippen LogP contribution in [0.5, 0.6) is 0 Å². The number of hydrogen-bond donors (Lipinski definition) is 2. The maximum absolute atomic E-state index is 12.3. The zero-order chi connectivity index (χ0) is 14.8. The Morgan fingerprint density at radius 2 is 2.10 bits per heavy atom. The molecular weight excluding hydrogens is 278 g/mol. The van der Waals surface area contributed by atoms with Gasteiger partial charge in [0, 0.05) is 38.2 Å². The van der Waals surface area contributed by atoms with E-state index in [1.54, 1.807) is 27.7 Å². The lowest BCUT2D eigenvalue weighted by Gasteiger charge is -2.02. The Balaban J connectivity index is 2.23. The summed E-state index contributed by atoms with van der Waals surface area (Å²) in [6.07, 6.45) is 4.76. The van der Waals surface area contributed by atoms with Crippen LogP contribution >= 0.6 is 0 Å². The number of aromatic nitrogens is 3. The molecule has 0 amide bonds. The van der Waals surface area contributed by atoms with E-state index in [9.17, 15) is 8.42 Å². The number of hydrogen-bond acceptors (Lipinski definition) is 4. The highest BCUT2D eigenvalue weighted by molar-refractivity contribution is 7.92. The average Bonchev–Trinajstić information content (AvgIpc) is 2.97. The molecule has 110 valence electrons.